The predicted octanol–water partition coefficient (Wildman–Crippen LogP) is 2.38. The van der Waals surface area contributed by atoms with E-state index >= 15 is 0 Å². The Labute approximate surface area is 83.7 Å². The van der Waals surface area contributed by atoms with E-state index in [2.05, 4.69) is 41.2 Å². The molecule has 0 atom stereocenters. The van der Waals surface area contributed by atoms with E-state index in [9.17, 15) is 0 Å². The summed E-state index contributed by atoms with van der Waals surface area (Å²) in [5.74, 6) is 0. The summed E-state index contributed by atoms with van der Waals surface area (Å²) >= 11 is 0. The second-order valence-electron chi connectivity index (χ2n) is 3.30. The molecule has 14 heavy (non-hydrogen) atoms. The summed E-state index contributed by atoms with van der Waals surface area (Å²) in [4.78, 5) is 8.30. The molecule has 0 fully saturated rings. The molecule has 0 N–H and O–H groups in total. The first-order valence-corrected chi connectivity index (χ1v) is 4.65. The van der Waals surface area contributed by atoms with Crippen LogP contribution in [0, 0.1) is 6.92 Å². The Bertz CT molecular complexity index is 410. The van der Waals surface area contributed by atoms with Crippen LogP contribution < -0.4 is 0 Å². The number of aryl methyl sites for hydroxylation is 1. The molecule has 0 saturated heterocycles. The van der Waals surface area contributed by atoms with Crippen LogP contribution in [0.5, 0.6) is 0 Å². The molecule has 1 aromatic carbocycles. The largest absolute Gasteiger partial charge is 0.261 e. The van der Waals surface area contributed by atoms with E-state index in [0.717, 1.165) is 12.1 Å². The van der Waals surface area contributed by atoms with Gasteiger partial charge in [-0.2, -0.15) is 0 Å². The van der Waals surface area contributed by atoms with Crippen molar-refractivity contribution >= 4 is 0 Å². The van der Waals surface area contributed by atoms with Crippen LogP contribution >= 0.6 is 0 Å². The quantitative estimate of drug-likeness (QED) is 0.716. The number of benzene rings is 1. The molecule has 2 heteroatoms. The molecule has 0 radical (unpaired) electrons. The molecule has 0 aliphatic heterocycles. The van der Waals surface area contributed by atoms with Crippen molar-refractivity contribution in [1.29, 1.82) is 0 Å². The third kappa shape index (κ3) is 1.96. The van der Waals surface area contributed by atoms with Gasteiger partial charge in [0, 0.05) is 25.0 Å². The summed E-state index contributed by atoms with van der Waals surface area (Å²) < 4.78 is 0. The molecule has 0 spiro atoms. The third-order valence-corrected chi connectivity index (χ3v) is 2.25. The van der Waals surface area contributed by atoms with Gasteiger partial charge in [-0.05, 0) is 18.1 Å². The fourth-order valence-corrected chi connectivity index (χ4v) is 1.42. The summed E-state index contributed by atoms with van der Waals surface area (Å²) in [7, 11) is 0. The van der Waals surface area contributed by atoms with Crippen molar-refractivity contribution in [2.75, 3.05) is 0 Å². The van der Waals surface area contributed by atoms with E-state index in [1.54, 1.807) is 12.4 Å². The average Bonchev–Trinajstić information content (AvgIpc) is 2.23. The average molecular weight is 184 g/mol. The van der Waals surface area contributed by atoms with Crippen LogP contribution in [-0.4, -0.2) is 9.97 Å². The van der Waals surface area contributed by atoms with Crippen LogP contribution in [0.1, 0.15) is 16.8 Å². The molecule has 1 aromatic heterocycles. The number of rotatable bonds is 2. The lowest BCUT2D eigenvalue weighted by atomic mass is 10.0. The van der Waals surface area contributed by atoms with Gasteiger partial charge < -0.3 is 0 Å². The van der Waals surface area contributed by atoms with Crippen LogP contribution in [0.3, 0.4) is 0 Å². The topological polar surface area (TPSA) is 25.8 Å². The van der Waals surface area contributed by atoms with Crippen molar-refractivity contribution < 1.29 is 0 Å². The Kier molecular flexibility index (Phi) is 2.54. The van der Waals surface area contributed by atoms with Gasteiger partial charge in [0.05, 0.1) is 5.69 Å². The first-order chi connectivity index (χ1) is 6.86. The fraction of sp³-hybridized carbons (Fsp3) is 0.167. The Balaban J connectivity index is 2.24. The van der Waals surface area contributed by atoms with Gasteiger partial charge in [-0.15, -0.1) is 0 Å². The minimum atomic E-state index is 0.862. The van der Waals surface area contributed by atoms with Gasteiger partial charge in [0.2, 0.25) is 0 Å². The molecule has 0 unspecified atom stereocenters. The molecule has 0 aliphatic carbocycles. The molecule has 2 nitrogen and oxygen atoms in total. The highest BCUT2D eigenvalue weighted by Gasteiger charge is 1.99. The minimum Gasteiger partial charge on any atom is -0.261 e. The van der Waals surface area contributed by atoms with Crippen molar-refractivity contribution in [2.45, 2.75) is 13.3 Å². The summed E-state index contributed by atoms with van der Waals surface area (Å²) in [5.41, 5.74) is 3.63. The zero-order chi connectivity index (χ0) is 9.80. The summed E-state index contributed by atoms with van der Waals surface area (Å²) in [6, 6.07) is 8.35. The van der Waals surface area contributed by atoms with Crippen molar-refractivity contribution in [1.82, 2.24) is 9.97 Å². The van der Waals surface area contributed by atoms with Gasteiger partial charge >= 0.3 is 0 Å². The number of hydrogen-bond acceptors (Lipinski definition) is 2. The highest BCUT2D eigenvalue weighted by molar-refractivity contribution is 5.28. The first kappa shape index (κ1) is 8.88. The van der Waals surface area contributed by atoms with Gasteiger partial charge in [-0.1, -0.05) is 24.3 Å². The molecular formula is C12H12N2. The molecule has 1 heterocycles. The van der Waals surface area contributed by atoms with Gasteiger partial charge in [0.25, 0.3) is 0 Å². The first-order valence-electron chi connectivity index (χ1n) is 4.65. The van der Waals surface area contributed by atoms with Crippen LogP contribution in [0.2, 0.25) is 0 Å². The van der Waals surface area contributed by atoms with Crippen LogP contribution in [0.25, 0.3) is 0 Å². The number of aromatic nitrogens is 2. The lowest BCUT2D eigenvalue weighted by molar-refractivity contribution is 1.02. The molecule has 0 bridgehead atoms. The standard InChI is InChI=1S/C12H12N2/c1-10-4-2-3-5-11(10)8-12-9-13-6-7-14-12/h2-7,9H,8H2,1H3. The molecule has 2 aromatic rings. The van der Waals surface area contributed by atoms with E-state index in [1.807, 2.05) is 6.20 Å². The van der Waals surface area contributed by atoms with Crippen molar-refractivity contribution in [3.63, 3.8) is 0 Å². The zero-order valence-electron chi connectivity index (χ0n) is 8.14. The van der Waals surface area contributed by atoms with E-state index < -0.39 is 0 Å². The number of nitrogens with zero attached hydrogens (tertiary/aromatic N) is 2. The SMILES string of the molecule is Cc1ccccc1Cc1cnccn1. The maximum atomic E-state index is 4.25. The van der Waals surface area contributed by atoms with E-state index in [0.29, 0.717) is 0 Å². The Morgan fingerprint density at radius 2 is 2.00 bits per heavy atom. The minimum absolute atomic E-state index is 0.862. The maximum Gasteiger partial charge on any atom is 0.0630 e. The Morgan fingerprint density at radius 1 is 1.14 bits per heavy atom. The van der Waals surface area contributed by atoms with E-state index in [4.69, 9.17) is 0 Å². The molecule has 2 rings (SSSR count). The summed E-state index contributed by atoms with van der Waals surface area (Å²) in [5, 5.41) is 0. The maximum absolute atomic E-state index is 4.25. The normalized spacial score (nSPS) is 10.1. The molecule has 70 valence electrons. The van der Waals surface area contributed by atoms with Crippen molar-refractivity contribution in [3.8, 4) is 0 Å². The monoisotopic (exact) mass is 184 g/mol. The second kappa shape index (κ2) is 4.01. The zero-order valence-corrected chi connectivity index (χ0v) is 8.14. The number of hydrogen-bond donors (Lipinski definition) is 0. The van der Waals surface area contributed by atoms with E-state index in [-0.39, 0.29) is 0 Å². The predicted molar refractivity (Wildman–Crippen MR) is 56.0 cm³/mol. The molecule has 0 amide bonds. The van der Waals surface area contributed by atoms with Crippen LogP contribution in [0.4, 0.5) is 0 Å². The molecule has 0 aliphatic rings. The Morgan fingerprint density at radius 3 is 2.71 bits per heavy atom. The Hall–Kier alpha value is -1.70. The smallest absolute Gasteiger partial charge is 0.0630 e. The van der Waals surface area contributed by atoms with Crippen molar-refractivity contribution in [3.05, 3.63) is 59.7 Å². The van der Waals surface area contributed by atoms with Crippen LogP contribution in [0.15, 0.2) is 42.9 Å². The van der Waals surface area contributed by atoms with Gasteiger partial charge in [-0.25, -0.2) is 0 Å². The van der Waals surface area contributed by atoms with Crippen molar-refractivity contribution in [2.24, 2.45) is 0 Å². The molecule has 0 saturated carbocycles. The lowest BCUT2D eigenvalue weighted by Gasteiger charge is -2.03. The second-order valence-corrected chi connectivity index (χ2v) is 3.30. The van der Waals surface area contributed by atoms with Gasteiger partial charge in [0.1, 0.15) is 0 Å². The molecular weight excluding hydrogens is 172 g/mol. The van der Waals surface area contributed by atoms with Gasteiger partial charge in [0.15, 0.2) is 0 Å². The van der Waals surface area contributed by atoms with Gasteiger partial charge in [-0.3, -0.25) is 9.97 Å². The fourth-order valence-electron chi connectivity index (χ4n) is 1.42. The van der Waals surface area contributed by atoms with Crippen LogP contribution in [-0.2, 0) is 6.42 Å². The third-order valence-electron chi connectivity index (χ3n) is 2.25. The highest BCUT2D eigenvalue weighted by atomic mass is 14.8. The van der Waals surface area contributed by atoms with E-state index in [1.165, 1.54) is 11.1 Å². The highest BCUT2D eigenvalue weighted by Crippen LogP contribution is 2.10. The lowest BCUT2D eigenvalue weighted by Crippen LogP contribution is -1.94. The summed E-state index contributed by atoms with van der Waals surface area (Å²) in [6.07, 6.45) is 6.10. The summed E-state index contributed by atoms with van der Waals surface area (Å²) in [6.45, 7) is 2.12.